The van der Waals surface area contributed by atoms with Gasteiger partial charge < -0.3 is 24.6 Å². The van der Waals surface area contributed by atoms with E-state index >= 15 is 0 Å². The van der Waals surface area contributed by atoms with Gasteiger partial charge in [-0.2, -0.15) is 0 Å². The molecule has 0 aliphatic carbocycles. The number of ether oxygens (including phenoxy) is 3. The highest BCUT2D eigenvalue weighted by atomic mass is 16.5. The summed E-state index contributed by atoms with van der Waals surface area (Å²) in [5, 5.41) is 11.7. The normalized spacial score (nSPS) is 13.1. The molecule has 7 nitrogen and oxygen atoms in total. The molecule has 1 amide bonds. The van der Waals surface area contributed by atoms with Crippen molar-refractivity contribution < 1.29 is 28.9 Å². The summed E-state index contributed by atoms with van der Waals surface area (Å²) in [5.41, 5.74) is -1.36. The van der Waals surface area contributed by atoms with E-state index in [0.717, 1.165) is 0 Å². The molecule has 1 atom stereocenters. The second kappa shape index (κ2) is 6.94. The maximum absolute atomic E-state index is 12.3. The highest BCUT2D eigenvalue weighted by molar-refractivity contribution is 6.00. The number of hydrogen-bond acceptors (Lipinski definition) is 5. The lowest BCUT2D eigenvalue weighted by molar-refractivity contribution is -0.145. The van der Waals surface area contributed by atoms with Crippen molar-refractivity contribution in [3.63, 3.8) is 0 Å². The Kier molecular flexibility index (Phi) is 5.54. The van der Waals surface area contributed by atoms with Crippen molar-refractivity contribution in [2.45, 2.75) is 12.5 Å². The fourth-order valence-electron chi connectivity index (χ4n) is 1.82. The molecule has 1 aromatic carbocycles. The Labute approximate surface area is 122 Å². The Morgan fingerprint density at radius 3 is 2.38 bits per heavy atom. The molecule has 0 bridgehead atoms. The van der Waals surface area contributed by atoms with Crippen LogP contribution in [0.25, 0.3) is 0 Å². The highest BCUT2D eigenvalue weighted by Gasteiger charge is 2.36. The van der Waals surface area contributed by atoms with E-state index in [0.29, 0.717) is 5.75 Å². The molecule has 0 aliphatic heterocycles. The molecule has 7 heteroatoms. The number of para-hydroxylation sites is 1. The average molecular weight is 297 g/mol. The number of carboxylic acid groups (broad SMARTS) is 1. The topological polar surface area (TPSA) is 94.1 Å². The minimum atomic E-state index is -1.54. The van der Waals surface area contributed by atoms with Crippen LogP contribution in [0.2, 0.25) is 0 Å². The molecule has 0 spiro atoms. The highest BCUT2D eigenvalue weighted by Crippen LogP contribution is 2.30. The lowest BCUT2D eigenvalue weighted by Gasteiger charge is -2.25. The van der Waals surface area contributed by atoms with E-state index in [1.54, 1.807) is 12.1 Å². The van der Waals surface area contributed by atoms with E-state index in [1.807, 2.05) is 0 Å². The lowest BCUT2D eigenvalue weighted by Crippen LogP contribution is -2.55. The molecule has 21 heavy (non-hydrogen) atoms. The summed E-state index contributed by atoms with van der Waals surface area (Å²) in [6, 6.07) is 4.78. The quantitative estimate of drug-likeness (QED) is 0.777. The summed E-state index contributed by atoms with van der Waals surface area (Å²) < 4.78 is 15.1. The van der Waals surface area contributed by atoms with Gasteiger partial charge in [-0.05, 0) is 19.1 Å². The molecule has 2 N–H and O–H groups in total. The van der Waals surface area contributed by atoms with E-state index < -0.39 is 17.4 Å². The third-order valence-corrected chi connectivity index (χ3v) is 2.94. The molecule has 1 rings (SSSR count). The molecular weight excluding hydrogens is 278 g/mol. The van der Waals surface area contributed by atoms with Crippen LogP contribution in [-0.4, -0.2) is 50.5 Å². The molecule has 116 valence electrons. The first-order chi connectivity index (χ1) is 9.89. The van der Waals surface area contributed by atoms with Crippen LogP contribution in [-0.2, 0) is 9.53 Å². The van der Waals surface area contributed by atoms with Crippen LogP contribution in [0.1, 0.15) is 17.3 Å². The summed E-state index contributed by atoms with van der Waals surface area (Å²) in [6.45, 7) is 1.20. The lowest BCUT2D eigenvalue weighted by atomic mass is 10.0. The second-order valence-corrected chi connectivity index (χ2v) is 4.57. The molecule has 0 heterocycles. The van der Waals surface area contributed by atoms with Crippen LogP contribution in [0, 0.1) is 0 Å². The number of hydrogen-bond donors (Lipinski definition) is 2. The van der Waals surface area contributed by atoms with Crippen molar-refractivity contribution in [1.29, 1.82) is 0 Å². The molecule has 0 fully saturated rings. The van der Waals surface area contributed by atoms with Crippen molar-refractivity contribution >= 4 is 11.9 Å². The SMILES string of the molecule is COCC(C)(NC(=O)c1cccc(OC)c1OC)C(=O)O. The number of benzene rings is 1. The van der Waals surface area contributed by atoms with Gasteiger partial charge in [0.15, 0.2) is 17.0 Å². The molecule has 0 aromatic heterocycles. The van der Waals surface area contributed by atoms with Gasteiger partial charge in [-0.15, -0.1) is 0 Å². The first kappa shape index (κ1) is 16.8. The Morgan fingerprint density at radius 1 is 1.24 bits per heavy atom. The summed E-state index contributed by atoms with van der Waals surface area (Å²) in [6.07, 6.45) is 0. The number of methoxy groups -OCH3 is 3. The van der Waals surface area contributed by atoms with Crippen LogP contribution in [0.3, 0.4) is 0 Å². The van der Waals surface area contributed by atoms with Crippen molar-refractivity contribution in [1.82, 2.24) is 5.32 Å². The molecule has 0 saturated heterocycles. The van der Waals surface area contributed by atoms with Crippen LogP contribution < -0.4 is 14.8 Å². The Bertz CT molecular complexity index is 530. The van der Waals surface area contributed by atoms with Crippen LogP contribution in [0.4, 0.5) is 0 Å². The summed E-state index contributed by atoms with van der Waals surface area (Å²) in [7, 11) is 4.21. The van der Waals surface area contributed by atoms with Crippen molar-refractivity contribution in [2.24, 2.45) is 0 Å². The number of carboxylic acids is 1. The Morgan fingerprint density at radius 2 is 1.90 bits per heavy atom. The molecule has 0 aliphatic rings. The first-order valence-corrected chi connectivity index (χ1v) is 6.15. The summed E-state index contributed by atoms with van der Waals surface area (Å²) in [4.78, 5) is 23.6. The van der Waals surface area contributed by atoms with Gasteiger partial charge >= 0.3 is 5.97 Å². The van der Waals surface area contributed by atoms with E-state index in [2.05, 4.69) is 5.32 Å². The number of carbonyl (C=O) groups excluding carboxylic acids is 1. The largest absolute Gasteiger partial charge is 0.493 e. The van der Waals surface area contributed by atoms with Gasteiger partial charge in [0, 0.05) is 7.11 Å². The smallest absolute Gasteiger partial charge is 0.331 e. The number of aliphatic carboxylic acids is 1. The van der Waals surface area contributed by atoms with Gasteiger partial charge in [-0.1, -0.05) is 6.07 Å². The van der Waals surface area contributed by atoms with Gasteiger partial charge in [-0.3, -0.25) is 4.79 Å². The van der Waals surface area contributed by atoms with Crippen LogP contribution in [0.15, 0.2) is 18.2 Å². The van der Waals surface area contributed by atoms with E-state index in [4.69, 9.17) is 14.2 Å². The maximum atomic E-state index is 12.3. The monoisotopic (exact) mass is 297 g/mol. The van der Waals surface area contributed by atoms with Gasteiger partial charge in [0.05, 0.1) is 26.4 Å². The van der Waals surface area contributed by atoms with E-state index in [9.17, 15) is 14.7 Å². The van der Waals surface area contributed by atoms with Crippen molar-refractivity contribution in [2.75, 3.05) is 27.9 Å². The van der Waals surface area contributed by atoms with E-state index in [-0.39, 0.29) is 17.9 Å². The number of nitrogens with one attached hydrogen (secondary N) is 1. The third kappa shape index (κ3) is 3.63. The predicted octanol–water partition coefficient (Wildman–Crippen LogP) is 0.923. The number of amides is 1. The predicted molar refractivity (Wildman–Crippen MR) is 74.9 cm³/mol. The minimum Gasteiger partial charge on any atom is -0.493 e. The standard InChI is InChI=1S/C14H19NO6/c1-14(8-19-2,13(17)18)15-12(16)9-6-5-7-10(20-3)11(9)21-4/h5-7H,8H2,1-4H3,(H,15,16)(H,17,18). The summed E-state index contributed by atoms with van der Waals surface area (Å²) >= 11 is 0. The zero-order chi connectivity index (χ0) is 16.0. The van der Waals surface area contributed by atoms with Gasteiger partial charge in [0.1, 0.15) is 0 Å². The number of carbonyl (C=O) groups is 2. The molecule has 0 radical (unpaired) electrons. The first-order valence-electron chi connectivity index (χ1n) is 6.15. The Balaban J connectivity index is 3.12. The minimum absolute atomic E-state index is 0.166. The summed E-state index contributed by atoms with van der Waals surface area (Å²) in [5.74, 6) is -1.16. The van der Waals surface area contributed by atoms with Gasteiger partial charge in [0.25, 0.3) is 5.91 Å². The van der Waals surface area contributed by atoms with Gasteiger partial charge in [-0.25, -0.2) is 4.79 Å². The fraction of sp³-hybridized carbons (Fsp3) is 0.429. The molecule has 0 saturated carbocycles. The van der Waals surface area contributed by atoms with Crippen molar-refractivity contribution in [3.05, 3.63) is 23.8 Å². The van der Waals surface area contributed by atoms with Crippen LogP contribution in [0.5, 0.6) is 11.5 Å². The second-order valence-electron chi connectivity index (χ2n) is 4.57. The average Bonchev–Trinajstić information content (AvgIpc) is 2.46. The molecular formula is C14H19NO6. The Hall–Kier alpha value is -2.28. The molecule has 1 unspecified atom stereocenters. The zero-order valence-corrected chi connectivity index (χ0v) is 12.4. The van der Waals surface area contributed by atoms with Crippen molar-refractivity contribution in [3.8, 4) is 11.5 Å². The third-order valence-electron chi connectivity index (χ3n) is 2.94. The maximum Gasteiger partial charge on any atom is 0.331 e. The molecule has 1 aromatic rings. The van der Waals surface area contributed by atoms with Crippen LogP contribution >= 0.6 is 0 Å². The number of rotatable bonds is 7. The fourth-order valence-corrected chi connectivity index (χ4v) is 1.82. The van der Waals surface area contributed by atoms with Gasteiger partial charge in [0.2, 0.25) is 0 Å². The van der Waals surface area contributed by atoms with E-state index in [1.165, 1.54) is 34.3 Å². The zero-order valence-electron chi connectivity index (χ0n) is 12.4.